The molecule has 82 valence electrons. The van der Waals surface area contributed by atoms with Gasteiger partial charge >= 0.3 is 0 Å². The Morgan fingerprint density at radius 2 is 1.44 bits per heavy atom. The van der Waals surface area contributed by atoms with Crippen LogP contribution in [-0.2, 0) is 0 Å². The summed E-state index contributed by atoms with van der Waals surface area (Å²) < 4.78 is 39.1. The lowest BCUT2D eigenvalue weighted by molar-refractivity contribution is 0.585. The van der Waals surface area contributed by atoms with Crippen LogP contribution in [0.1, 0.15) is 0 Å². The minimum Gasteiger partial charge on any atom is -0.351 e. The normalized spacial score (nSPS) is 10.2. The summed E-state index contributed by atoms with van der Waals surface area (Å²) in [7, 11) is 0. The number of nitrogens with one attached hydrogen (secondary N) is 1. The van der Waals surface area contributed by atoms with Gasteiger partial charge in [0.25, 0.3) is 0 Å². The van der Waals surface area contributed by atoms with Crippen LogP contribution in [0.5, 0.6) is 0 Å². The van der Waals surface area contributed by atoms with Gasteiger partial charge in [0, 0.05) is 6.07 Å². The van der Waals surface area contributed by atoms with Crippen LogP contribution in [0, 0.1) is 17.5 Å². The first-order valence-electron chi connectivity index (χ1n) is 4.63. The molecule has 0 aromatic heterocycles. The minimum atomic E-state index is -0.761. The van der Waals surface area contributed by atoms with Gasteiger partial charge in [-0.15, -0.1) is 0 Å². The predicted octanol–water partition coefficient (Wildman–Crippen LogP) is 3.85. The van der Waals surface area contributed by atoms with Gasteiger partial charge < -0.3 is 5.32 Å². The van der Waals surface area contributed by atoms with Crippen molar-refractivity contribution in [3.8, 4) is 0 Å². The van der Waals surface area contributed by atoms with Crippen LogP contribution in [0.3, 0.4) is 0 Å². The molecule has 0 aliphatic heterocycles. The molecule has 0 saturated heterocycles. The molecule has 1 N–H and O–H groups in total. The van der Waals surface area contributed by atoms with E-state index in [0.717, 1.165) is 12.1 Å². The van der Waals surface area contributed by atoms with Crippen molar-refractivity contribution in [1.29, 1.82) is 0 Å². The van der Waals surface area contributed by atoms with Gasteiger partial charge in [-0.05, 0) is 24.3 Å². The molecular formula is C12H8F3N. The number of halogens is 3. The number of anilines is 2. The van der Waals surface area contributed by atoms with E-state index < -0.39 is 17.5 Å². The monoisotopic (exact) mass is 223 g/mol. The fourth-order valence-corrected chi connectivity index (χ4v) is 1.30. The number of benzene rings is 2. The second kappa shape index (κ2) is 4.26. The molecule has 2 rings (SSSR count). The van der Waals surface area contributed by atoms with Crippen LogP contribution in [-0.4, -0.2) is 0 Å². The zero-order chi connectivity index (χ0) is 11.5. The highest BCUT2D eigenvalue weighted by Gasteiger charge is 2.06. The second-order valence-corrected chi connectivity index (χ2v) is 3.23. The molecule has 16 heavy (non-hydrogen) atoms. The molecule has 0 aliphatic rings. The molecular weight excluding hydrogens is 215 g/mol. The number of para-hydroxylation sites is 1. The largest absolute Gasteiger partial charge is 0.351 e. The van der Waals surface area contributed by atoms with Crippen molar-refractivity contribution in [2.45, 2.75) is 0 Å². The topological polar surface area (TPSA) is 12.0 Å². The lowest BCUT2D eigenvalue weighted by Crippen LogP contribution is -1.96. The van der Waals surface area contributed by atoms with Crippen LogP contribution in [0.25, 0.3) is 0 Å². The standard InChI is InChI=1S/C12H8F3N/c13-8-5-6-12(10(15)7-8)16-11-4-2-1-3-9(11)14/h1-7,16H. The SMILES string of the molecule is Fc1ccc(Nc2ccccc2F)c(F)c1. The second-order valence-electron chi connectivity index (χ2n) is 3.23. The summed E-state index contributed by atoms with van der Waals surface area (Å²) in [4.78, 5) is 0. The summed E-state index contributed by atoms with van der Waals surface area (Å²) in [5.41, 5.74) is 0.180. The molecule has 0 bridgehead atoms. The van der Waals surface area contributed by atoms with Crippen LogP contribution < -0.4 is 5.32 Å². The van der Waals surface area contributed by atoms with Crippen molar-refractivity contribution >= 4 is 11.4 Å². The average molecular weight is 223 g/mol. The molecule has 0 atom stereocenters. The fraction of sp³-hybridized carbons (Fsp3) is 0. The Balaban J connectivity index is 2.31. The van der Waals surface area contributed by atoms with E-state index in [9.17, 15) is 13.2 Å². The first kappa shape index (κ1) is 10.5. The lowest BCUT2D eigenvalue weighted by Gasteiger charge is -2.08. The number of rotatable bonds is 2. The third kappa shape index (κ3) is 2.16. The maximum Gasteiger partial charge on any atom is 0.149 e. The first-order chi connectivity index (χ1) is 7.66. The zero-order valence-electron chi connectivity index (χ0n) is 8.18. The molecule has 1 nitrogen and oxygen atoms in total. The van der Waals surface area contributed by atoms with E-state index in [1.807, 2.05) is 0 Å². The lowest BCUT2D eigenvalue weighted by atomic mass is 10.2. The molecule has 0 radical (unpaired) electrons. The predicted molar refractivity (Wildman–Crippen MR) is 56.0 cm³/mol. The molecule has 0 fully saturated rings. The highest BCUT2D eigenvalue weighted by molar-refractivity contribution is 5.60. The maximum atomic E-state index is 13.2. The number of hydrogen-bond donors (Lipinski definition) is 1. The molecule has 0 heterocycles. The third-order valence-corrected chi connectivity index (χ3v) is 2.07. The summed E-state index contributed by atoms with van der Waals surface area (Å²) in [5, 5.41) is 2.55. The minimum absolute atomic E-state index is 0.0338. The van der Waals surface area contributed by atoms with Crippen molar-refractivity contribution in [3.05, 3.63) is 59.9 Å². The quantitative estimate of drug-likeness (QED) is 0.815. The van der Waals surface area contributed by atoms with Gasteiger partial charge in [0.05, 0.1) is 11.4 Å². The van der Waals surface area contributed by atoms with Gasteiger partial charge in [0.15, 0.2) is 0 Å². The Labute approximate surface area is 90.5 Å². The van der Waals surface area contributed by atoms with E-state index in [-0.39, 0.29) is 11.4 Å². The summed E-state index contributed by atoms with van der Waals surface area (Å²) in [6.07, 6.45) is 0. The summed E-state index contributed by atoms with van der Waals surface area (Å²) >= 11 is 0. The van der Waals surface area contributed by atoms with E-state index in [0.29, 0.717) is 0 Å². The molecule has 0 spiro atoms. The third-order valence-electron chi connectivity index (χ3n) is 2.07. The Bertz CT molecular complexity index is 511. The Kier molecular flexibility index (Phi) is 2.81. The smallest absolute Gasteiger partial charge is 0.149 e. The van der Waals surface area contributed by atoms with Crippen molar-refractivity contribution in [3.63, 3.8) is 0 Å². The molecule has 2 aromatic rings. The van der Waals surface area contributed by atoms with Crippen molar-refractivity contribution in [1.82, 2.24) is 0 Å². The fourth-order valence-electron chi connectivity index (χ4n) is 1.30. The van der Waals surface area contributed by atoms with Gasteiger partial charge in [-0.3, -0.25) is 0 Å². The molecule has 0 aliphatic carbocycles. The van der Waals surface area contributed by atoms with E-state index >= 15 is 0 Å². The van der Waals surface area contributed by atoms with Crippen LogP contribution >= 0.6 is 0 Å². The van der Waals surface area contributed by atoms with Crippen LogP contribution in [0.2, 0.25) is 0 Å². The summed E-state index contributed by atoms with van der Waals surface area (Å²) in [6.45, 7) is 0. The Morgan fingerprint density at radius 1 is 0.750 bits per heavy atom. The highest BCUT2D eigenvalue weighted by atomic mass is 19.1. The van der Waals surface area contributed by atoms with E-state index in [1.54, 1.807) is 6.07 Å². The van der Waals surface area contributed by atoms with Crippen LogP contribution in [0.4, 0.5) is 24.5 Å². The van der Waals surface area contributed by atoms with E-state index in [1.165, 1.54) is 24.3 Å². The van der Waals surface area contributed by atoms with Gasteiger partial charge in [-0.2, -0.15) is 0 Å². The average Bonchev–Trinajstić information content (AvgIpc) is 2.25. The number of hydrogen-bond acceptors (Lipinski definition) is 1. The Morgan fingerprint density at radius 3 is 2.12 bits per heavy atom. The van der Waals surface area contributed by atoms with Gasteiger partial charge in [0.1, 0.15) is 17.5 Å². The molecule has 0 saturated carbocycles. The zero-order valence-corrected chi connectivity index (χ0v) is 8.18. The molecule has 4 heteroatoms. The Hall–Kier alpha value is -1.97. The molecule has 0 amide bonds. The van der Waals surface area contributed by atoms with Crippen molar-refractivity contribution in [2.24, 2.45) is 0 Å². The van der Waals surface area contributed by atoms with Gasteiger partial charge in [0.2, 0.25) is 0 Å². The first-order valence-corrected chi connectivity index (χ1v) is 4.63. The van der Waals surface area contributed by atoms with Gasteiger partial charge in [-0.1, -0.05) is 12.1 Å². The highest BCUT2D eigenvalue weighted by Crippen LogP contribution is 2.22. The summed E-state index contributed by atoms with van der Waals surface area (Å²) in [6, 6.07) is 8.93. The van der Waals surface area contributed by atoms with Crippen molar-refractivity contribution in [2.75, 3.05) is 5.32 Å². The van der Waals surface area contributed by atoms with Gasteiger partial charge in [-0.25, -0.2) is 13.2 Å². The van der Waals surface area contributed by atoms with E-state index in [4.69, 9.17) is 0 Å². The summed E-state index contributed by atoms with van der Waals surface area (Å²) in [5.74, 6) is -1.92. The molecule has 0 unspecified atom stereocenters. The molecule has 2 aromatic carbocycles. The van der Waals surface area contributed by atoms with Crippen molar-refractivity contribution < 1.29 is 13.2 Å². The maximum absolute atomic E-state index is 13.2. The van der Waals surface area contributed by atoms with Crippen LogP contribution in [0.15, 0.2) is 42.5 Å². The van der Waals surface area contributed by atoms with E-state index in [2.05, 4.69) is 5.32 Å².